The summed E-state index contributed by atoms with van der Waals surface area (Å²) in [6.45, 7) is 0. The van der Waals surface area contributed by atoms with E-state index in [0.29, 0.717) is 0 Å². The van der Waals surface area contributed by atoms with Gasteiger partial charge in [0.25, 0.3) is 0 Å². The highest BCUT2D eigenvalue weighted by molar-refractivity contribution is 6.09. The molecule has 0 bridgehead atoms. The van der Waals surface area contributed by atoms with Gasteiger partial charge in [0.1, 0.15) is 5.82 Å². The fourth-order valence-corrected chi connectivity index (χ4v) is 9.83. The Kier molecular flexibility index (Phi) is 6.01. The predicted octanol–water partition coefficient (Wildman–Crippen LogP) is 13.0. The summed E-state index contributed by atoms with van der Waals surface area (Å²) in [4.78, 5) is 5.17. The molecule has 1 spiro atoms. The van der Waals surface area contributed by atoms with E-state index in [-0.39, 0.29) is 0 Å². The van der Waals surface area contributed by atoms with E-state index in [9.17, 15) is 0 Å². The topological polar surface area (TPSA) is 17.8 Å². The van der Waals surface area contributed by atoms with E-state index in [2.05, 4.69) is 199 Å². The lowest BCUT2D eigenvalue weighted by Gasteiger charge is -2.32. The summed E-state index contributed by atoms with van der Waals surface area (Å²) in [7, 11) is 0. The van der Waals surface area contributed by atoms with E-state index < -0.39 is 5.41 Å². The van der Waals surface area contributed by atoms with Crippen LogP contribution in [0.15, 0.2) is 194 Å². The van der Waals surface area contributed by atoms with Gasteiger partial charge in [0.2, 0.25) is 0 Å². The summed E-state index contributed by atoms with van der Waals surface area (Å²) in [5, 5.41) is 5.13. The molecule has 250 valence electrons. The first-order valence-corrected chi connectivity index (χ1v) is 18.7. The van der Waals surface area contributed by atoms with Gasteiger partial charge >= 0.3 is 0 Å². The normalized spacial score (nSPS) is 13.3. The van der Waals surface area contributed by atoms with Gasteiger partial charge in [-0.25, -0.2) is 4.98 Å². The molecule has 2 aliphatic carbocycles. The molecule has 1 aromatic heterocycles. The SMILES string of the molecule is c1ccc(-n2c(-c3cccc(-c4ccc5c6c(ccc5c4)-c4ccc5ccccc5c4C64c5ccccc5-c5ccccc54)c3)nc3ccccc32)cc1. The van der Waals surface area contributed by atoms with E-state index >= 15 is 0 Å². The quantitative estimate of drug-likeness (QED) is 0.181. The number of benzene rings is 9. The molecule has 12 rings (SSSR count). The smallest absolute Gasteiger partial charge is 0.145 e. The van der Waals surface area contributed by atoms with Crippen LogP contribution in [-0.4, -0.2) is 9.55 Å². The zero-order valence-electron chi connectivity index (χ0n) is 29.4. The lowest BCUT2D eigenvalue weighted by Crippen LogP contribution is -2.26. The molecule has 54 heavy (non-hydrogen) atoms. The molecule has 0 fully saturated rings. The number of nitrogens with zero attached hydrogens (tertiary/aromatic N) is 2. The van der Waals surface area contributed by atoms with Crippen molar-refractivity contribution in [3.8, 4) is 50.5 Å². The highest BCUT2D eigenvalue weighted by atomic mass is 15.1. The molecule has 1 heterocycles. The number of rotatable bonds is 3. The molecular weight excluding hydrogens is 653 g/mol. The van der Waals surface area contributed by atoms with Gasteiger partial charge in [-0.3, -0.25) is 4.57 Å². The standard InChI is InChI=1S/C52H32N2/c1-2-16-38(17-3-1)54-48-24-11-10-23-47(48)53-51(54)37-15-12-14-34(32-37)35-26-28-40-36(31-35)27-30-44-43-29-25-33-13-4-5-18-39(33)49(43)52(50(40)44)45-21-8-6-19-41(45)42-20-7-9-22-46(42)52/h1-32H. The number of aromatic nitrogens is 2. The minimum atomic E-state index is -0.434. The fourth-order valence-electron chi connectivity index (χ4n) is 9.83. The van der Waals surface area contributed by atoms with Gasteiger partial charge in [-0.1, -0.05) is 158 Å². The number of imidazole rings is 1. The van der Waals surface area contributed by atoms with Crippen LogP contribution in [0.3, 0.4) is 0 Å². The molecule has 0 saturated carbocycles. The minimum absolute atomic E-state index is 0.434. The Balaban J connectivity index is 1.08. The number of hydrogen-bond donors (Lipinski definition) is 0. The van der Waals surface area contributed by atoms with Gasteiger partial charge in [0, 0.05) is 11.3 Å². The van der Waals surface area contributed by atoms with Crippen molar-refractivity contribution < 1.29 is 0 Å². The first-order chi connectivity index (χ1) is 26.8. The van der Waals surface area contributed by atoms with Crippen LogP contribution in [0.4, 0.5) is 0 Å². The van der Waals surface area contributed by atoms with Crippen molar-refractivity contribution in [3.63, 3.8) is 0 Å². The molecule has 0 radical (unpaired) electrons. The second-order valence-electron chi connectivity index (χ2n) is 14.7. The minimum Gasteiger partial charge on any atom is -0.292 e. The molecule has 9 aromatic carbocycles. The van der Waals surface area contributed by atoms with Gasteiger partial charge in [0.05, 0.1) is 16.4 Å². The van der Waals surface area contributed by atoms with E-state index in [0.717, 1.165) is 28.1 Å². The van der Waals surface area contributed by atoms with Crippen molar-refractivity contribution in [3.05, 3.63) is 216 Å². The summed E-state index contributed by atoms with van der Waals surface area (Å²) in [6.07, 6.45) is 0. The van der Waals surface area contributed by atoms with Crippen molar-refractivity contribution >= 4 is 32.6 Å². The summed E-state index contributed by atoms with van der Waals surface area (Å²) < 4.78 is 2.27. The average molecular weight is 685 g/mol. The largest absolute Gasteiger partial charge is 0.292 e. The lowest BCUT2D eigenvalue weighted by molar-refractivity contribution is 0.809. The van der Waals surface area contributed by atoms with Gasteiger partial charge < -0.3 is 0 Å². The van der Waals surface area contributed by atoms with Crippen molar-refractivity contribution in [2.75, 3.05) is 0 Å². The average Bonchev–Trinajstić information content (AvgIpc) is 3.88. The molecule has 0 N–H and O–H groups in total. The van der Waals surface area contributed by atoms with E-state index in [1.807, 2.05) is 0 Å². The van der Waals surface area contributed by atoms with Crippen molar-refractivity contribution in [1.82, 2.24) is 9.55 Å². The van der Waals surface area contributed by atoms with Crippen LogP contribution in [-0.2, 0) is 5.41 Å². The zero-order chi connectivity index (χ0) is 35.4. The van der Waals surface area contributed by atoms with Gasteiger partial charge in [0.15, 0.2) is 0 Å². The Morgan fingerprint density at radius 3 is 1.80 bits per heavy atom. The third kappa shape index (κ3) is 3.87. The van der Waals surface area contributed by atoms with Crippen LogP contribution in [0.25, 0.3) is 83.0 Å². The molecule has 2 nitrogen and oxygen atoms in total. The van der Waals surface area contributed by atoms with Gasteiger partial charge in [-0.05, 0) is 114 Å². The molecule has 2 heteroatoms. The third-order valence-electron chi connectivity index (χ3n) is 12.0. The van der Waals surface area contributed by atoms with Crippen LogP contribution >= 0.6 is 0 Å². The van der Waals surface area contributed by atoms with E-state index in [1.165, 1.54) is 77.2 Å². The number of hydrogen-bond acceptors (Lipinski definition) is 1. The van der Waals surface area contributed by atoms with Crippen LogP contribution in [0.2, 0.25) is 0 Å². The Labute approximate surface area is 313 Å². The monoisotopic (exact) mass is 684 g/mol. The highest BCUT2D eigenvalue weighted by Gasteiger charge is 2.53. The summed E-state index contributed by atoms with van der Waals surface area (Å²) in [6, 6.07) is 71.4. The van der Waals surface area contributed by atoms with E-state index in [4.69, 9.17) is 4.98 Å². The van der Waals surface area contributed by atoms with Crippen LogP contribution < -0.4 is 0 Å². The summed E-state index contributed by atoms with van der Waals surface area (Å²) >= 11 is 0. The Hall–Kier alpha value is -7.03. The molecule has 10 aromatic rings. The number of fused-ring (bicyclic) bond motifs is 15. The number of para-hydroxylation sites is 3. The van der Waals surface area contributed by atoms with Crippen molar-refractivity contribution in [1.29, 1.82) is 0 Å². The van der Waals surface area contributed by atoms with Crippen LogP contribution in [0.5, 0.6) is 0 Å². The Bertz CT molecular complexity index is 3120. The van der Waals surface area contributed by atoms with Gasteiger partial charge in [-0.15, -0.1) is 0 Å². The maximum Gasteiger partial charge on any atom is 0.145 e. The van der Waals surface area contributed by atoms with Crippen LogP contribution in [0, 0.1) is 0 Å². The molecular formula is C52H32N2. The van der Waals surface area contributed by atoms with E-state index in [1.54, 1.807) is 0 Å². The second kappa shape index (κ2) is 11.0. The molecule has 0 aliphatic heterocycles. The molecule has 0 amide bonds. The van der Waals surface area contributed by atoms with Crippen molar-refractivity contribution in [2.45, 2.75) is 5.41 Å². The molecule has 0 unspecified atom stereocenters. The summed E-state index contributed by atoms with van der Waals surface area (Å²) in [5.41, 5.74) is 17.0. The maximum absolute atomic E-state index is 5.17. The maximum atomic E-state index is 5.17. The Morgan fingerprint density at radius 2 is 1.00 bits per heavy atom. The first kappa shape index (κ1) is 29.5. The second-order valence-corrected chi connectivity index (χ2v) is 14.7. The van der Waals surface area contributed by atoms with Gasteiger partial charge in [-0.2, -0.15) is 0 Å². The lowest BCUT2D eigenvalue weighted by atomic mass is 9.68. The molecule has 0 saturated heterocycles. The molecule has 2 aliphatic rings. The highest BCUT2D eigenvalue weighted by Crippen LogP contribution is 2.65. The van der Waals surface area contributed by atoms with Crippen LogP contribution in [0.1, 0.15) is 22.3 Å². The van der Waals surface area contributed by atoms with Crippen molar-refractivity contribution in [2.24, 2.45) is 0 Å². The predicted molar refractivity (Wildman–Crippen MR) is 223 cm³/mol. The third-order valence-corrected chi connectivity index (χ3v) is 12.0. The zero-order valence-corrected chi connectivity index (χ0v) is 29.4. The first-order valence-electron chi connectivity index (χ1n) is 18.7. The fraction of sp³-hybridized carbons (Fsp3) is 0.0192. The molecule has 0 atom stereocenters. The summed E-state index contributed by atoms with van der Waals surface area (Å²) in [5.74, 6) is 0.938. The Morgan fingerprint density at radius 1 is 0.389 bits per heavy atom.